The Morgan fingerprint density at radius 2 is 2.00 bits per heavy atom. The lowest BCUT2D eigenvalue weighted by molar-refractivity contribution is -0.139. The van der Waals surface area contributed by atoms with Crippen molar-refractivity contribution in [3.8, 4) is 17.2 Å². The van der Waals surface area contributed by atoms with Crippen molar-refractivity contribution >= 4 is 22.6 Å². The van der Waals surface area contributed by atoms with Crippen LogP contribution in [0.2, 0.25) is 0 Å². The molecular weight excluding hydrogens is 413 g/mol. The lowest BCUT2D eigenvalue weighted by Crippen LogP contribution is -2.18. The summed E-state index contributed by atoms with van der Waals surface area (Å²) in [6, 6.07) is 3.51. The second-order valence-electron chi connectivity index (χ2n) is 7.43. The molecule has 0 unspecified atom stereocenters. The van der Waals surface area contributed by atoms with Crippen molar-refractivity contribution in [3.05, 3.63) is 40.2 Å². The van der Waals surface area contributed by atoms with Crippen LogP contribution in [0.1, 0.15) is 39.3 Å². The number of benzene rings is 1. The Morgan fingerprint density at radius 1 is 1.29 bits per heavy atom. The number of hydrogen-bond acceptors (Lipinski definition) is 5. The van der Waals surface area contributed by atoms with Crippen LogP contribution < -0.4 is 20.9 Å². The van der Waals surface area contributed by atoms with Gasteiger partial charge in [0.25, 0.3) is 5.91 Å². The maximum Gasteiger partial charge on any atom is 0.434 e. The minimum absolute atomic E-state index is 0.0304. The van der Waals surface area contributed by atoms with E-state index < -0.39 is 28.7 Å². The molecule has 0 radical (unpaired) electrons. The number of amides is 1. The van der Waals surface area contributed by atoms with E-state index in [4.69, 9.17) is 20.9 Å². The van der Waals surface area contributed by atoms with Gasteiger partial charge in [-0.3, -0.25) is 9.36 Å². The first-order chi connectivity index (χ1) is 14.6. The molecule has 1 aliphatic rings. The lowest BCUT2D eigenvalue weighted by atomic mass is 10.0. The van der Waals surface area contributed by atoms with Crippen LogP contribution in [-0.4, -0.2) is 29.2 Å². The van der Waals surface area contributed by atoms with E-state index in [1.807, 2.05) is 0 Å². The zero-order valence-corrected chi connectivity index (χ0v) is 17.2. The average molecular weight is 434 g/mol. The van der Waals surface area contributed by atoms with Gasteiger partial charge in [0.05, 0.1) is 30.7 Å². The lowest BCUT2D eigenvalue weighted by Gasteiger charge is -2.22. The fourth-order valence-electron chi connectivity index (χ4n) is 4.22. The van der Waals surface area contributed by atoms with Crippen molar-refractivity contribution in [1.82, 2.24) is 9.55 Å². The molecule has 10 heteroatoms. The summed E-state index contributed by atoms with van der Waals surface area (Å²) in [4.78, 5) is 16.1. The van der Waals surface area contributed by atoms with Crippen molar-refractivity contribution in [2.24, 2.45) is 5.73 Å². The van der Waals surface area contributed by atoms with Crippen LogP contribution in [0.15, 0.2) is 12.1 Å². The van der Waals surface area contributed by atoms with Crippen LogP contribution in [0.3, 0.4) is 0 Å². The van der Waals surface area contributed by atoms with Crippen LogP contribution in [-0.2, 0) is 12.6 Å². The van der Waals surface area contributed by atoms with Gasteiger partial charge in [0.2, 0.25) is 0 Å². The maximum absolute atomic E-state index is 14.0. The zero-order valence-electron chi connectivity index (χ0n) is 17.2. The number of alkyl halides is 3. The number of anilines is 1. The molecule has 1 aliphatic heterocycles. The first-order valence-corrected chi connectivity index (χ1v) is 9.59. The minimum atomic E-state index is -4.83. The minimum Gasteiger partial charge on any atom is -0.496 e. The van der Waals surface area contributed by atoms with Gasteiger partial charge in [-0.05, 0) is 38.3 Å². The molecule has 1 amide bonds. The Hall–Kier alpha value is -3.43. The monoisotopic (exact) mass is 434 g/mol. The third kappa shape index (κ3) is 3.05. The number of carbonyl (C=O) groups is 1. The molecule has 1 aromatic carbocycles. The van der Waals surface area contributed by atoms with Gasteiger partial charge in [0.1, 0.15) is 17.1 Å². The van der Waals surface area contributed by atoms with Gasteiger partial charge >= 0.3 is 6.18 Å². The number of rotatable bonds is 3. The summed E-state index contributed by atoms with van der Waals surface area (Å²) < 4.78 is 54.6. The molecule has 0 aliphatic carbocycles. The smallest absolute Gasteiger partial charge is 0.434 e. The van der Waals surface area contributed by atoms with E-state index in [9.17, 15) is 18.0 Å². The molecule has 164 valence electrons. The van der Waals surface area contributed by atoms with E-state index in [0.717, 1.165) is 0 Å². The third-order valence-corrected chi connectivity index (χ3v) is 5.51. The molecule has 7 nitrogen and oxygen atoms in total. The number of nitrogens with zero attached hydrogens (tertiary/aromatic N) is 2. The normalized spacial score (nSPS) is 13.7. The number of aromatic nitrogens is 2. The molecule has 0 fully saturated rings. The molecule has 0 saturated heterocycles. The summed E-state index contributed by atoms with van der Waals surface area (Å²) in [6.45, 7) is 3.86. The second-order valence-corrected chi connectivity index (χ2v) is 7.43. The average Bonchev–Trinajstić information content (AvgIpc) is 3.00. The standard InChI is InChI=1S/C21H21F3N4O3/c1-9-6-7-12(30-3)10(2)15(9)28-16-13(14(19(28)25)20(26)29)18(21(22,23)24)27-11-5-4-8-31-17(11)16/h6-7H,4-5,8,25H2,1-3H3,(H2,26,29). The Balaban J connectivity index is 2.29. The molecule has 0 saturated carbocycles. The number of nitrogen functional groups attached to an aromatic ring is 1. The molecule has 0 bridgehead atoms. The number of hydrogen-bond donors (Lipinski definition) is 2. The number of halogens is 3. The van der Waals surface area contributed by atoms with E-state index in [2.05, 4.69) is 4.98 Å². The highest BCUT2D eigenvalue weighted by Gasteiger charge is 2.41. The summed E-state index contributed by atoms with van der Waals surface area (Å²) >= 11 is 0. The van der Waals surface area contributed by atoms with Gasteiger partial charge < -0.3 is 20.9 Å². The van der Waals surface area contributed by atoms with Crippen molar-refractivity contribution in [3.63, 3.8) is 0 Å². The van der Waals surface area contributed by atoms with Gasteiger partial charge in [-0.1, -0.05) is 6.07 Å². The number of pyridine rings is 1. The maximum atomic E-state index is 14.0. The highest BCUT2D eigenvalue weighted by Crippen LogP contribution is 2.46. The highest BCUT2D eigenvalue weighted by molar-refractivity contribution is 6.14. The summed E-state index contributed by atoms with van der Waals surface area (Å²) in [5.41, 5.74) is 12.2. The molecule has 3 heterocycles. The first kappa shape index (κ1) is 20.8. The Morgan fingerprint density at radius 3 is 2.61 bits per heavy atom. The quantitative estimate of drug-likeness (QED) is 0.654. The van der Waals surface area contributed by atoms with Crippen molar-refractivity contribution < 1.29 is 27.4 Å². The van der Waals surface area contributed by atoms with Gasteiger partial charge in [0, 0.05) is 10.9 Å². The van der Waals surface area contributed by atoms with Crippen LogP contribution in [0.4, 0.5) is 19.0 Å². The zero-order chi connectivity index (χ0) is 22.7. The first-order valence-electron chi connectivity index (χ1n) is 9.59. The fourth-order valence-corrected chi connectivity index (χ4v) is 4.22. The molecule has 0 atom stereocenters. The summed E-state index contributed by atoms with van der Waals surface area (Å²) in [7, 11) is 1.49. The van der Waals surface area contributed by atoms with Gasteiger partial charge in [0.15, 0.2) is 11.4 Å². The largest absolute Gasteiger partial charge is 0.496 e. The van der Waals surface area contributed by atoms with Crippen LogP contribution in [0.25, 0.3) is 16.6 Å². The van der Waals surface area contributed by atoms with Crippen LogP contribution in [0.5, 0.6) is 11.5 Å². The number of methoxy groups -OCH3 is 1. The number of primary amides is 1. The molecule has 2 aromatic heterocycles. The molecule has 0 spiro atoms. The molecule has 4 N–H and O–H groups in total. The number of nitrogens with two attached hydrogens (primary N) is 2. The third-order valence-electron chi connectivity index (χ3n) is 5.51. The van der Waals surface area contributed by atoms with Crippen LogP contribution in [0, 0.1) is 13.8 Å². The van der Waals surface area contributed by atoms with Gasteiger partial charge in [-0.25, -0.2) is 4.98 Å². The van der Waals surface area contributed by atoms with Gasteiger partial charge in [-0.2, -0.15) is 13.2 Å². The van der Waals surface area contributed by atoms with E-state index in [-0.39, 0.29) is 22.8 Å². The number of carbonyl (C=O) groups excluding carboxylic acids is 1. The van der Waals surface area contributed by atoms with Crippen LogP contribution >= 0.6 is 0 Å². The van der Waals surface area contributed by atoms with E-state index >= 15 is 0 Å². The fraction of sp³-hybridized carbons (Fsp3) is 0.333. The Kier molecular flexibility index (Phi) is 4.75. The summed E-state index contributed by atoms with van der Waals surface area (Å²) in [6.07, 6.45) is -3.99. The Bertz CT molecular complexity index is 1230. The van der Waals surface area contributed by atoms with Crippen molar-refractivity contribution in [2.75, 3.05) is 19.5 Å². The predicted molar refractivity (Wildman–Crippen MR) is 109 cm³/mol. The number of ether oxygens (including phenoxy) is 2. The molecule has 3 aromatic rings. The second kappa shape index (κ2) is 7.07. The molecule has 31 heavy (non-hydrogen) atoms. The van der Waals surface area contributed by atoms with E-state index in [0.29, 0.717) is 42.0 Å². The van der Waals surface area contributed by atoms with Gasteiger partial charge in [-0.15, -0.1) is 0 Å². The van der Waals surface area contributed by atoms with Crippen molar-refractivity contribution in [1.29, 1.82) is 0 Å². The Labute approximate surface area is 175 Å². The van der Waals surface area contributed by atoms with E-state index in [1.165, 1.54) is 11.7 Å². The molecule has 4 rings (SSSR count). The number of fused-ring (bicyclic) bond motifs is 3. The topological polar surface area (TPSA) is 105 Å². The summed E-state index contributed by atoms with van der Waals surface area (Å²) in [5.74, 6) is -0.600. The summed E-state index contributed by atoms with van der Waals surface area (Å²) in [5, 5.41) is -0.459. The SMILES string of the molecule is COc1ccc(C)c(-n2c(N)c(C(N)=O)c3c(C(F)(F)F)nc4c(c32)OCCC4)c1C. The highest BCUT2D eigenvalue weighted by atomic mass is 19.4. The number of aryl methyl sites for hydroxylation is 2. The van der Waals surface area contributed by atoms with E-state index in [1.54, 1.807) is 26.0 Å². The van der Waals surface area contributed by atoms with Crippen molar-refractivity contribution in [2.45, 2.75) is 32.9 Å². The predicted octanol–water partition coefficient (Wildman–Crippen LogP) is 3.68. The molecular formula is C21H21F3N4O3.